The molecule has 2 N–H and O–H groups in total. The molecule has 0 bridgehead atoms. The van der Waals surface area contributed by atoms with Crippen LogP contribution in [0.15, 0.2) is 47.8 Å². The van der Waals surface area contributed by atoms with Crippen molar-refractivity contribution in [2.45, 2.75) is 6.92 Å². The van der Waals surface area contributed by atoms with E-state index in [-0.39, 0.29) is 31.0 Å². The highest BCUT2D eigenvalue weighted by Gasteiger charge is 2.22. The van der Waals surface area contributed by atoms with Gasteiger partial charge in [-0.05, 0) is 30.7 Å². The van der Waals surface area contributed by atoms with Crippen LogP contribution in [0.5, 0.6) is 23.0 Å². The van der Waals surface area contributed by atoms with Crippen LogP contribution in [0, 0.1) is 6.92 Å². The third-order valence-electron chi connectivity index (χ3n) is 5.88. The number of aliphatic hydroxyl groups excluding tert-OH is 1. The van der Waals surface area contributed by atoms with Crippen molar-refractivity contribution in [2.75, 3.05) is 41.1 Å². The Morgan fingerprint density at radius 2 is 1.79 bits per heavy atom. The van der Waals surface area contributed by atoms with Gasteiger partial charge in [-0.15, -0.1) is 11.3 Å². The first-order chi connectivity index (χ1) is 18.4. The van der Waals surface area contributed by atoms with Gasteiger partial charge in [-0.1, -0.05) is 18.2 Å². The molecule has 1 amide bonds. The first-order valence-corrected chi connectivity index (χ1v) is 12.6. The summed E-state index contributed by atoms with van der Waals surface area (Å²) in [7, 11) is 4.47. The van der Waals surface area contributed by atoms with E-state index in [1.807, 2.05) is 30.5 Å². The van der Waals surface area contributed by atoms with Crippen LogP contribution in [0.25, 0.3) is 21.3 Å². The maximum atomic E-state index is 13.1. The van der Waals surface area contributed by atoms with Gasteiger partial charge in [-0.3, -0.25) is 9.59 Å². The Morgan fingerprint density at radius 1 is 1.00 bits per heavy atom. The van der Waals surface area contributed by atoms with Crippen molar-refractivity contribution >= 4 is 33.1 Å². The average Bonchev–Trinajstić information content (AvgIpc) is 3.39. The lowest BCUT2D eigenvalue weighted by atomic mass is 10.1. The Kier molecular flexibility index (Phi) is 8.45. The Balaban J connectivity index is 1.59. The molecule has 4 rings (SSSR count). The minimum Gasteiger partial charge on any atom is -0.493 e. The molecule has 0 saturated heterocycles. The van der Waals surface area contributed by atoms with Crippen LogP contribution in [0.3, 0.4) is 0 Å². The monoisotopic (exact) mass is 536 g/mol. The van der Waals surface area contributed by atoms with E-state index in [0.29, 0.717) is 28.7 Å². The van der Waals surface area contributed by atoms with E-state index < -0.39 is 11.7 Å². The molecule has 2 aromatic heterocycles. The number of thiophene rings is 1. The number of hydrogen-bond donors (Lipinski definition) is 2. The van der Waals surface area contributed by atoms with Gasteiger partial charge in [0.1, 0.15) is 18.0 Å². The molecule has 0 radical (unpaired) electrons. The second kappa shape index (κ2) is 11.9. The fourth-order valence-corrected chi connectivity index (χ4v) is 5.04. The van der Waals surface area contributed by atoms with Crippen LogP contribution in [0.4, 0.5) is 0 Å². The molecule has 198 valence electrons. The molecule has 0 unspecified atom stereocenters. The lowest BCUT2D eigenvalue weighted by molar-refractivity contribution is 0.0901. The molecular weight excluding hydrogens is 508 g/mol. The Hall–Kier alpha value is -4.15. The second-order valence-corrected chi connectivity index (χ2v) is 9.12. The van der Waals surface area contributed by atoms with Crippen molar-refractivity contribution in [3.05, 3.63) is 64.7 Å². The minimum absolute atomic E-state index is 0.0947. The number of nitrogens with one attached hydrogen (secondary N) is 1. The Bertz CT molecular complexity index is 1480. The maximum Gasteiger partial charge on any atom is 0.251 e. The molecule has 38 heavy (non-hydrogen) atoms. The van der Waals surface area contributed by atoms with E-state index in [2.05, 4.69) is 10.3 Å². The summed E-state index contributed by atoms with van der Waals surface area (Å²) in [5, 5.41) is 14.6. The topological polar surface area (TPSA) is 116 Å². The molecule has 0 saturated carbocycles. The maximum absolute atomic E-state index is 13.1. The SMILES string of the molecule is COc1cc(C(=O)NCC(=O)c2cc(OC)c(OC)c(-c3csc4c(C)cccc34)n2)ccc1OCCO. The number of nitrogens with zero attached hydrogens (tertiary/aromatic N) is 1. The Morgan fingerprint density at radius 3 is 2.50 bits per heavy atom. The van der Waals surface area contributed by atoms with Crippen LogP contribution in [-0.4, -0.2) is 62.9 Å². The first-order valence-electron chi connectivity index (χ1n) is 11.7. The van der Waals surface area contributed by atoms with Gasteiger partial charge < -0.3 is 29.4 Å². The molecule has 0 fully saturated rings. The third-order valence-corrected chi connectivity index (χ3v) is 7.02. The smallest absolute Gasteiger partial charge is 0.251 e. The summed E-state index contributed by atoms with van der Waals surface area (Å²) in [6, 6.07) is 12.1. The number of pyridine rings is 1. The highest BCUT2D eigenvalue weighted by Crippen LogP contribution is 2.42. The molecule has 0 aliphatic rings. The normalized spacial score (nSPS) is 10.8. The molecule has 0 spiro atoms. The highest BCUT2D eigenvalue weighted by atomic mass is 32.1. The molecule has 10 heteroatoms. The number of ether oxygens (including phenoxy) is 4. The van der Waals surface area contributed by atoms with Gasteiger partial charge in [0, 0.05) is 32.7 Å². The molecule has 2 heterocycles. The van der Waals surface area contributed by atoms with Crippen LogP contribution in [0.1, 0.15) is 26.4 Å². The van der Waals surface area contributed by atoms with Crippen molar-refractivity contribution in [3.63, 3.8) is 0 Å². The molecule has 4 aromatic rings. The zero-order chi connectivity index (χ0) is 27.2. The fraction of sp³-hybridized carbons (Fsp3) is 0.250. The molecule has 0 aliphatic carbocycles. The summed E-state index contributed by atoms with van der Waals surface area (Å²) < 4.78 is 22.9. The van der Waals surface area contributed by atoms with Crippen molar-refractivity contribution in [3.8, 4) is 34.3 Å². The largest absolute Gasteiger partial charge is 0.493 e. The van der Waals surface area contributed by atoms with Gasteiger partial charge in [0.15, 0.2) is 28.8 Å². The molecule has 2 aromatic carbocycles. The standard InChI is InChI=1S/C28H28N2O7S/c1-16-6-5-7-18-19(15-38-27(16)18)25-26(36-4)24(35-3)13-20(30-25)21(32)14-29-28(33)17-8-9-22(37-11-10-31)23(12-17)34-2/h5-9,12-13,15,31H,10-11,14H2,1-4H3,(H,29,33). The van der Waals surface area contributed by atoms with E-state index in [1.54, 1.807) is 23.5 Å². The van der Waals surface area contributed by atoms with Crippen molar-refractivity contribution in [1.29, 1.82) is 0 Å². The number of hydrogen-bond acceptors (Lipinski definition) is 9. The Labute approximate surface area is 223 Å². The molecule has 0 atom stereocenters. The van der Waals surface area contributed by atoms with E-state index in [4.69, 9.17) is 24.1 Å². The third kappa shape index (κ3) is 5.41. The number of rotatable bonds is 11. The molecule has 9 nitrogen and oxygen atoms in total. The number of aromatic nitrogens is 1. The quantitative estimate of drug-likeness (QED) is 0.273. The zero-order valence-corrected chi connectivity index (χ0v) is 22.3. The van der Waals surface area contributed by atoms with E-state index in [1.165, 1.54) is 33.5 Å². The summed E-state index contributed by atoms with van der Waals surface area (Å²) >= 11 is 1.59. The van der Waals surface area contributed by atoms with Gasteiger partial charge >= 0.3 is 0 Å². The highest BCUT2D eigenvalue weighted by molar-refractivity contribution is 7.18. The van der Waals surface area contributed by atoms with Crippen molar-refractivity contribution in [2.24, 2.45) is 0 Å². The predicted molar refractivity (Wildman–Crippen MR) is 145 cm³/mol. The average molecular weight is 537 g/mol. The minimum atomic E-state index is -0.467. The zero-order valence-electron chi connectivity index (χ0n) is 21.5. The lowest BCUT2D eigenvalue weighted by Gasteiger charge is -2.14. The molecule has 0 aliphatic heterocycles. The summed E-state index contributed by atoms with van der Waals surface area (Å²) in [6.07, 6.45) is 0. The number of amides is 1. The number of methoxy groups -OCH3 is 3. The number of ketones is 1. The van der Waals surface area contributed by atoms with Gasteiger partial charge in [-0.25, -0.2) is 4.98 Å². The number of benzene rings is 2. The van der Waals surface area contributed by atoms with Crippen LogP contribution < -0.4 is 24.3 Å². The summed E-state index contributed by atoms with van der Waals surface area (Å²) in [4.78, 5) is 30.5. The number of aryl methyl sites for hydroxylation is 1. The van der Waals surface area contributed by atoms with E-state index in [0.717, 1.165) is 21.2 Å². The van der Waals surface area contributed by atoms with Crippen LogP contribution in [-0.2, 0) is 0 Å². The summed E-state index contributed by atoms with van der Waals surface area (Å²) in [5.41, 5.74) is 2.88. The van der Waals surface area contributed by atoms with Gasteiger partial charge in [0.2, 0.25) is 0 Å². The lowest BCUT2D eigenvalue weighted by Crippen LogP contribution is -2.30. The van der Waals surface area contributed by atoms with Crippen LogP contribution >= 0.6 is 11.3 Å². The number of Topliss-reactive ketones (excluding diaryl/α,β-unsaturated/α-hetero) is 1. The summed E-state index contributed by atoms with van der Waals surface area (Å²) in [5.74, 6) is 0.651. The second-order valence-electron chi connectivity index (χ2n) is 8.24. The predicted octanol–water partition coefficient (Wildman–Crippen LogP) is 4.28. The number of fused-ring (bicyclic) bond motifs is 1. The fourth-order valence-electron chi connectivity index (χ4n) is 4.01. The molecular formula is C28H28N2O7S. The summed E-state index contributed by atoms with van der Waals surface area (Å²) in [6.45, 7) is 1.70. The van der Waals surface area contributed by atoms with Crippen molar-refractivity contribution < 1.29 is 33.6 Å². The number of aliphatic hydroxyl groups is 1. The van der Waals surface area contributed by atoms with Gasteiger partial charge in [0.25, 0.3) is 5.91 Å². The van der Waals surface area contributed by atoms with Crippen molar-refractivity contribution in [1.82, 2.24) is 10.3 Å². The van der Waals surface area contributed by atoms with Gasteiger partial charge in [0.05, 0.1) is 34.5 Å². The number of carbonyl (C=O) groups is 2. The van der Waals surface area contributed by atoms with E-state index in [9.17, 15) is 9.59 Å². The van der Waals surface area contributed by atoms with Crippen LogP contribution in [0.2, 0.25) is 0 Å². The number of carbonyl (C=O) groups excluding carboxylic acids is 2. The van der Waals surface area contributed by atoms with E-state index >= 15 is 0 Å². The van der Waals surface area contributed by atoms with Gasteiger partial charge in [-0.2, -0.15) is 0 Å². The first kappa shape index (κ1) is 26.9.